The van der Waals surface area contributed by atoms with E-state index in [0.717, 1.165) is 11.1 Å². The Bertz CT molecular complexity index is 1020. The van der Waals surface area contributed by atoms with E-state index in [2.05, 4.69) is 0 Å². The van der Waals surface area contributed by atoms with E-state index in [9.17, 15) is 9.67 Å². The number of nitrogen functional groups attached to an aromatic ring is 2. The fraction of sp³-hybridized carbons (Fsp3) is 0.556. The molecule has 2 aromatic rings. The third kappa shape index (κ3) is 6.35. The van der Waals surface area contributed by atoms with E-state index in [1.807, 2.05) is 81.4 Å². The maximum absolute atomic E-state index is 14.6. The Balaban J connectivity index is 3.01. The molecule has 0 amide bonds. The summed E-state index contributed by atoms with van der Waals surface area (Å²) in [5.74, 6) is 0.247. The first kappa shape index (κ1) is 28.2. The van der Waals surface area contributed by atoms with Crippen molar-refractivity contribution < 1.29 is 18.7 Å². The number of phenols is 1. The molecule has 0 heterocycles. The van der Waals surface area contributed by atoms with E-state index in [4.69, 9.17) is 20.5 Å². The monoisotopic (exact) mass is 490 g/mol. The molecule has 7 heteroatoms. The van der Waals surface area contributed by atoms with Crippen LogP contribution >= 0.6 is 7.60 Å². The number of anilines is 2. The van der Waals surface area contributed by atoms with Crippen LogP contribution in [-0.2, 0) is 24.4 Å². The number of hydrogen-bond donors (Lipinski definition) is 3. The van der Waals surface area contributed by atoms with Gasteiger partial charge in [-0.1, -0.05) is 59.7 Å². The van der Waals surface area contributed by atoms with Crippen molar-refractivity contribution in [3.63, 3.8) is 0 Å². The molecule has 0 aliphatic heterocycles. The molecule has 190 valence electrons. The van der Waals surface area contributed by atoms with Crippen molar-refractivity contribution in [2.45, 2.75) is 97.9 Å². The van der Waals surface area contributed by atoms with Crippen molar-refractivity contribution in [1.82, 2.24) is 0 Å². The van der Waals surface area contributed by atoms with Crippen molar-refractivity contribution in [1.29, 1.82) is 0 Å². The Hall–Kier alpha value is -2.01. The Labute approximate surface area is 205 Å². The molecule has 1 unspecified atom stereocenters. The van der Waals surface area contributed by atoms with E-state index >= 15 is 0 Å². The number of nitrogens with two attached hydrogens (primary N) is 2. The lowest BCUT2D eigenvalue weighted by molar-refractivity contribution is 0.138. The smallest absolute Gasteiger partial charge is 0.343 e. The zero-order valence-corrected chi connectivity index (χ0v) is 23.3. The van der Waals surface area contributed by atoms with Crippen LogP contribution in [0.2, 0.25) is 0 Å². The molecule has 2 rings (SSSR count). The van der Waals surface area contributed by atoms with Gasteiger partial charge in [0, 0.05) is 11.4 Å². The molecule has 0 aliphatic rings. The van der Waals surface area contributed by atoms with Crippen LogP contribution in [-0.4, -0.2) is 17.3 Å². The van der Waals surface area contributed by atoms with Crippen LogP contribution in [0.3, 0.4) is 0 Å². The van der Waals surface area contributed by atoms with Gasteiger partial charge in [0.1, 0.15) is 11.4 Å². The van der Waals surface area contributed by atoms with Crippen molar-refractivity contribution in [2.24, 2.45) is 0 Å². The number of hydrogen-bond acceptors (Lipinski definition) is 6. The average Bonchev–Trinajstić information content (AvgIpc) is 2.61. The molecule has 0 aliphatic carbocycles. The second-order valence-electron chi connectivity index (χ2n) is 11.6. The van der Waals surface area contributed by atoms with Crippen molar-refractivity contribution in [3.8, 4) is 5.75 Å². The number of benzene rings is 2. The summed E-state index contributed by atoms with van der Waals surface area (Å²) >= 11 is 0. The Morgan fingerprint density at radius 3 is 1.62 bits per heavy atom. The first-order chi connectivity index (χ1) is 15.4. The summed E-state index contributed by atoms with van der Waals surface area (Å²) in [5.41, 5.74) is 14.7. The molecule has 34 heavy (non-hydrogen) atoms. The van der Waals surface area contributed by atoms with Gasteiger partial charge in [-0.2, -0.15) is 0 Å². The number of rotatable bonds is 7. The molecular weight excluding hydrogens is 447 g/mol. The van der Waals surface area contributed by atoms with Crippen LogP contribution in [0.1, 0.15) is 97.2 Å². The van der Waals surface area contributed by atoms with Crippen molar-refractivity contribution in [2.75, 3.05) is 11.5 Å². The van der Waals surface area contributed by atoms with Gasteiger partial charge in [-0.25, -0.2) is 0 Å². The lowest BCUT2D eigenvalue weighted by Gasteiger charge is -2.34. The van der Waals surface area contributed by atoms with Crippen LogP contribution in [0, 0.1) is 0 Å². The molecular formula is C27H43N2O4P. The SMILES string of the molecule is CC(C)OP(=O)(OC(C)C)C(c1cc(C(C)(C)C)c(O)c(C(C)(C)C)c1)c1ccc(N)cc1N. The molecule has 0 saturated carbocycles. The predicted molar refractivity (Wildman–Crippen MR) is 143 cm³/mol. The number of aromatic hydroxyl groups is 1. The second kappa shape index (κ2) is 9.93. The molecule has 2 aromatic carbocycles. The van der Waals surface area contributed by atoms with E-state index < -0.39 is 13.3 Å². The van der Waals surface area contributed by atoms with Crippen LogP contribution in [0.15, 0.2) is 30.3 Å². The Morgan fingerprint density at radius 1 is 0.824 bits per heavy atom. The summed E-state index contributed by atoms with van der Waals surface area (Å²) in [7, 11) is -3.79. The van der Waals surface area contributed by atoms with Gasteiger partial charge in [-0.15, -0.1) is 0 Å². The Kier molecular flexibility index (Phi) is 8.24. The average molecular weight is 491 g/mol. The second-order valence-corrected chi connectivity index (χ2v) is 13.6. The lowest BCUT2D eigenvalue weighted by atomic mass is 9.78. The summed E-state index contributed by atoms with van der Waals surface area (Å²) < 4.78 is 26.7. The fourth-order valence-electron chi connectivity index (χ4n) is 4.07. The van der Waals surface area contributed by atoms with E-state index in [1.165, 1.54) is 0 Å². The van der Waals surface area contributed by atoms with E-state index in [-0.39, 0.29) is 28.8 Å². The zero-order chi connectivity index (χ0) is 26.2. The largest absolute Gasteiger partial charge is 0.507 e. The first-order valence-electron chi connectivity index (χ1n) is 11.9. The minimum absolute atomic E-state index is 0.247. The van der Waals surface area contributed by atoms with Crippen LogP contribution in [0.4, 0.5) is 11.4 Å². The van der Waals surface area contributed by atoms with Gasteiger partial charge in [-0.3, -0.25) is 4.57 Å². The third-order valence-electron chi connectivity index (χ3n) is 5.50. The van der Waals surface area contributed by atoms with Gasteiger partial charge in [0.05, 0.1) is 12.2 Å². The first-order valence-corrected chi connectivity index (χ1v) is 13.5. The van der Waals surface area contributed by atoms with Gasteiger partial charge < -0.3 is 25.6 Å². The van der Waals surface area contributed by atoms with Gasteiger partial charge in [0.15, 0.2) is 0 Å². The van der Waals surface area contributed by atoms with Crippen molar-refractivity contribution in [3.05, 3.63) is 52.6 Å². The molecule has 0 saturated heterocycles. The summed E-state index contributed by atoms with van der Waals surface area (Å²) in [4.78, 5) is 0. The summed E-state index contributed by atoms with van der Waals surface area (Å²) in [6, 6.07) is 9.00. The minimum Gasteiger partial charge on any atom is -0.507 e. The quantitative estimate of drug-likeness (QED) is 0.278. The van der Waals surface area contributed by atoms with Gasteiger partial charge in [0.25, 0.3) is 0 Å². The summed E-state index contributed by atoms with van der Waals surface area (Å²) in [5, 5.41) is 11.2. The molecule has 1 atom stereocenters. The van der Waals surface area contributed by atoms with Gasteiger partial charge in [-0.05, 0) is 72.9 Å². The molecule has 0 aromatic heterocycles. The molecule has 0 spiro atoms. The highest BCUT2D eigenvalue weighted by atomic mass is 31.2. The van der Waals surface area contributed by atoms with Gasteiger partial charge in [0.2, 0.25) is 0 Å². The highest BCUT2D eigenvalue weighted by Crippen LogP contribution is 2.66. The third-order valence-corrected chi connectivity index (χ3v) is 8.14. The van der Waals surface area contributed by atoms with Crippen LogP contribution in [0.25, 0.3) is 0 Å². The van der Waals surface area contributed by atoms with Crippen molar-refractivity contribution >= 4 is 19.0 Å². The normalized spacial score (nSPS) is 14.1. The van der Waals surface area contributed by atoms with Crippen LogP contribution in [0.5, 0.6) is 5.75 Å². The molecule has 0 radical (unpaired) electrons. The standard InChI is InChI=1S/C27H43N2O4P/c1-16(2)32-34(31,33-17(3)4)25(20-12-11-19(28)15-23(20)29)18-13-21(26(5,6)7)24(30)22(14-18)27(8,9)10/h11-17,25,30H,28-29H2,1-10H3. The minimum atomic E-state index is -3.79. The maximum Gasteiger partial charge on any atom is 0.343 e. The predicted octanol–water partition coefficient (Wildman–Crippen LogP) is 7.28. The summed E-state index contributed by atoms with van der Waals surface area (Å²) in [6.45, 7) is 19.6. The molecule has 0 bridgehead atoms. The highest BCUT2D eigenvalue weighted by molar-refractivity contribution is 7.54. The van der Waals surface area contributed by atoms with E-state index in [0.29, 0.717) is 22.5 Å². The number of phenolic OH excluding ortho intramolecular Hbond substituents is 1. The van der Waals surface area contributed by atoms with Gasteiger partial charge >= 0.3 is 7.60 Å². The fourth-order valence-corrected chi connectivity index (χ4v) is 6.63. The highest BCUT2D eigenvalue weighted by Gasteiger charge is 2.43. The Morgan fingerprint density at radius 2 is 1.26 bits per heavy atom. The molecule has 6 nitrogen and oxygen atoms in total. The molecule has 0 fully saturated rings. The zero-order valence-electron chi connectivity index (χ0n) is 22.4. The molecule has 5 N–H and O–H groups in total. The lowest BCUT2D eigenvalue weighted by Crippen LogP contribution is -2.20. The van der Waals surface area contributed by atoms with Crippen LogP contribution < -0.4 is 11.5 Å². The summed E-state index contributed by atoms with van der Waals surface area (Å²) in [6.07, 6.45) is -0.688. The van der Waals surface area contributed by atoms with E-state index in [1.54, 1.807) is 18.2 Å². The topological polar surface area (TPSA) is 108 Å². The maximum atomic E-state index is 14.6.